The molecule has 5 nitrogen and oxygen atoms in total. The molecule has 11 aromatic rings. The number of para-hydroxylation sites is 1. The first-order valence-corrected chi connectivity index (χ1v) is 24.2. The van der Waals surface area contributed by atoms with Gasteiger partial charge in [-0.2, -0.15) is 0 Å². The van der Waals surface area contributed by atoms with Gasteiger partial charge in [0.15, 0.2) is 0 Å². The molecule has 0 N–H and O–H groups in total. The SMILES string of the molecule is CC(C)(c1ccccc1)c1cc(-[n+]2[c-]n(-c3cc(Oc4ccc5c6ccccc6n(-c6cc(C(C)(C)c7ccccc7)ccn6)c5c4)cc(-c4ccccc4)c3)cc2)cc(C(C)(C)c2ccccc2)c1. The molecule has 0 fully saturated rings. The second kappa shape index (κ2) is 17.7. The number of fused-ring (bicyclic) bond motifs is 3. The van der Waals surface area contributed by atoms with Crippen LogP contribution in [0.15, 0.2) is 231 Å². The molecular weight excluding hydrogens is 853 g/mol. The summed E-state index contributed by atoms with van der Waals surface area (Å²) in [5.41, 5.74) is 12.9. The number of aromatic nitrogens is 4. The van der Waals surface area contributed by atoms with Gasteiger partial charge in [0, 0.05) is 51.7 Å². The van der Waals surface area contributed by atoms with Crippen molar-refractivity contribution in [2.75, 3.05) is 0 Å². The molecule has 0 unspecified atom stereocenters. The first kappa shape index (κ1) is 44.2. The molecule has 3 heterocycles. The number of nitrogens with zero attached hydrogens (tertiary/aromatic N) is 4. The Morgan fingerprint density at radius 3 is 1.63 bits per heavy atom. The highest BCUT2D eigenvalue weighted by Crippen LogP contribution is 2.40. The van der Waals surface area contributed by atoms with Gasteiger partial charge in [-0.25, -0.2) is 4.98 Å². The van der Waals surface area contributed by atoms with E-state index in [9.17, 15) is 0 Å². The minimum absolute atomic E-state index is 0.227. The van der Waals surface area contributed by atoms with Crippen molar-refractivity contribution in [1.29, 1.82) is 0 Å². The molecule has 342 valence electrons. The standard InChI is InChI=1S/C65H56N4O/c1-63(2,48-23-13-8-14-24-48)51-33-34-66-62(42-51)69-60-30-20-19-29-58(60)59-32-31-56(44-61(59)69)70-57-38-47(46-21-11-7-12-22-46)37-54(43-57)67-35-36-68(45-67)55-40-52(64(3,4)49-25-15-9-16-26-49)39-53(41-55)65(5,6)50-27-17-10-18-28-50/h7-44H,1-6H3. The summed E-state index contributed by atoms with van der Waals surface area (Å²) >= 11 is 0. The van der Waals surface area contributed by atoms with Crippen molar-refractivity contribution < 1.29 is 9.30 Å². The molecule has 0 amide bonds. The molecule has 0 atom stereocenters. The molecule has 0 spiro atoms. The predicted molar refractivity (Wildman–Crippen MR) is 286 cm³/mol. The summed E-state index contributed by atoms with van der Waals surface area (Å²) in [4.78, 5) is 4.99. The third-order valence-corrected chi connectivity index (χ3v) is 14.6. The summed E-state index contributed by atoms with van der Waals surface area (Å²) in [6.45, 7) is 13.8. The second-order valence-corrected chi connectivity index (χ2v) is 20.0. The quantitative estimate of drug-likeness (QED) is 0.0904. The fraction of sp³-hybridized carbons (Fsp3) is 0.138. The van der Waals surface area contributed by atoms with E-state index in [1.165, 1.54) is 33.4 Å². The van der Waals surface area contributed by atoms with Crippen LogP contribution in [0.2, 0.25) is 0 Å². The van der Waals surface area contributed by atoms with Crippen molar-refractivity contribution in [1.82, 2.24) is 14.1 Å². The molecule has 0 aliphatic carbocycles. The van der Waals surface area contributed by atoms with Gasteiger partial charge in [0.1, 0.15) is 17.3 Å². The van der Waals surface area contributed by atoms with Crippen molar-refractivity contribution in [2.24, 2.45) is 0 Å². The lowest BCUT2D eigenvalue weighted by Crippen LogP contribution is -2.31. The molecule has 70 heavy (non-hydrogen) atoms. The van der Waals surface area contributed by atoms with Gasteiger partial charge in [0.05, 0.1) is 22.4 Å². The Balaban J connectivity index is 0.996. The fourth-order valence-corrected chi connectivity index (χ4v) is 10.0. The van der Waals surface area contributed by atoms with Crippen molar-refractivity contribution in [3.05, 3.63) is 271 Å². The zero-order valence-electron chi connectivity index (χ0n) is 40.6. The summed E-state index contributed by atoms with van der Waals surface area (Å²) in [5, 5.41) is 2.29. The molecule has 0 aliphatic heterocycles. The lowest BCUT2D eigenvalue weighted by atomic mass is 9.73. The fourth-order valence-electron chi connectivity index (χ4n) is 10.0. The summed E-state index contributed by atoms with van der Waals surface area (Å²) in [6.07, 6.45) is 9.82. The van der Waals surface area contributed by atoms with Crippen LogP contribution in [0.25, 0.3) is 50.1 Å². The van der Waals surface area contributed by atoms with E-state index in [0.717, 1.165) is 61.6 Å². The largest absolute Gasteiger partial charge is 0.458 e. The third kappa shape index (κ3) is 8.17. The summed E-state index contributed by atoms with van der Waals surface area (Å²) in [7, 11) is 0. The van der Waals surface area contributed by atoms with Gasteiger partial charge in [0.25, 0.3) is 6.33 Å². The van der Waals surface area contributed by atoms with E-state index in [1.807, 2.05) is 6.20 Å². The zero-order chi connectivity index (χ0) is 48.0. The van der Waals surface area contributed by atoms with Crippen molar-refractivity contribution in [2.45, 2.75) is 57.8 Å². The zero-order valence-corrected chi connectivity index (χ0v) is 40.6. The average molecular weight is 909 g/mol. The van der Waals surface area contributed by atoms with Gasteiger partial charge in [-0.05, 0) is 105 Å². The summed E-state index contributed by atoms with van der Waals surface area (Å²) in [5.74, 6) is 2.31. The number of hydrogen-bond donors (Lipinski definition) is 0. The second-order valence-electron chi connectivity index (χ2n) is 20.0. The maximum absolute atomic E-state index is 6.95. The van der Waals surface area contributed by atoms with Crippen LogP contribution in [0.4, 0.5) is 0 Å². The first-order chi connectivity index (χ1) is 33.9. The first-order valence-electron chi connectivity index (χ1n) is 24.2. The van der Waals surface area contributed by atoms with Gasteiger partial charge in [-0.3, -0.25) is 13.7 Å². The molecule has 3 aromatic heterocycles. The predicted octanol–water partition coefficient (Wildman–Crippen LogP) is 15.5. The lowest BCUT2D eigenvalue weighted by Gasteiger charge is -2.32. The van der Waals surface area contributed by atoms with Gasteiger partial charge in [-0.1, -0.05) is 187 Å². The highest BCUT2D eigenvalue weighted by atomic mass is 16.5. The van der Waals surface area contributed by atoms with Crippen molar-refractivity contribution >= 4 is 21.8 Å². The third-order valence-electron chi connectivity index (χ3n) is 14.6. The molecule has 0 saturated carbocycles. The minimum atomic E-state index is -0.255. The van der Waals surface area contributed by atoms with Crippen LogP contribution in [0.5, 0.6) is 11.5 Å². The monoisotopic (exact) mass is 908 g/mol. The number of pyridine rings is 1. The molecular formula is C65H56N4O. The van der Waals surface area contributed by atoms with Crippen LogP contribution in [-0.4, -0.2) is 14.1 Å². The van der Waals surface area contributed by atoms with Crippen LogP contribution in [-0.2, 0) is 16.2 Å². The van der Waals surface area contributed by atoms with Gasteiger partial charge >= 0.3 is 0 Å². The number of hydrogen-bond acceptors (Lipinski definition) is 2. The Bertz CT molecular complexity index is 3570. The molecule has 5 heteroatoms. The maximum atomic E-state index is 6.95. The Kier molecular flexibility index (Phi) is 11.2. The van der Waals surface area contributed by atoms with E-state index in [2.05, 4.69) is 286 Å². The maximum Gasteiger partial charge on any atom is 0.268 e. The van der Waals surface area contributed by atoms with Crippen molar-refractivity contribution in [3.63, 3.8) is 0 Å². The summed E-state index contributed by atoms with van der Waals surface area (Å²) < 4.78 is 13.4. The van der Waals surface area contributed by atoms with Crippen LogP contribution >= 0.6 is 0 Å². The lowest BCUT2D eigenvalue weighted by molar-refractivity contribution is -0.599. The van der Waals surface area contributed by atoms with Crippen LogP contribution < -0.4 is 9.30 Å². The van der Waals surface area contributed by atoms with E-state index in [1.54, 1.807) is 0 Å². The summed E-state index contributed by atoms with van der Waals surface area (Å²) in [6, 6.07) is 75.5. The Hall–Kier alpha value is -8.28. The highest BCUT2D eigenvalue weighted by molar-refractivity contribution is 6.09. The number of ether oxygens (including phenoxy) is 1. The van der Waals surface area contributed by atoms with E-state index < -0.39 is 0 Å². The van der Waals surface area contributed by atoms with E-state index in [4.69, 9.17) is 9.72 Å². The molecule has 8 aromatic carbocycles. The molecule has 11 rings (SSSR count). The average Bonchev–Trinajstić information content (AvgIpc) is 4.03. The number of imidazole rings is 1. The minimum Gasteiger partial charge on any atom is -0.458 e. The topological polar surface area (TPSA) is 35.9 Å². The van der Waals surface area contributed by atoms with Gasteiger partial charge in [0.2, 0.25) is 0 Å². The number of rotatable bonds is 12. The van der Waals surface area contributed by atoms with Gasteiger partial charge in [-0.15, -0.1) is 0 Å². The highest BCUT2D eigenvalue weighted by Gasteiger charge is 2.30. The molecule has 0 radical (unpaired) electrons. The van der Waals surface area contributed by atoms with E-state index in [-0.39, 0.29) is 16.2 Å². The normalized spacial score (nSPS) is 12.1. The van der Waals surface area contributed by atoms with Crippen molar-refractivity contribution in [3.8, 4) is 39.8 Å². The molecule has 0 aliphatic rings. The number of benzene rings is 8. The molecule has 0 saturated heterocycles. The Labute approximate surface area is 411 Å². The van der Waals surface area contributed by atoms with Crippen LogP contribution in [0.1, 0.15) is 74.9 Å². The smallest absolute Gasteiger partial charge is 0.268 e. The Morgan fingerprint density at radius 2 is 1.00 bits per heavy atom. The van der Waals surface area contributed by atoms with Gasteiger partial charge < -0.3 is 4.74 Å². The molecule has 0 bridgehead atoms. The Morgan fingerprint density at radius 1 is 0.443 bits per heavy atom. The van der Waals surface area contributed by atoms with E-state index in [0.29, 0.717) is 0 Å². The van der Waals surface area contributed by atoms with Crippen LogP contribution in [0.3, 0.4) is 0 Å². The van der Waals surface area contributed by atoms with E-state index >= 15 is 0 Å². The van der Waals surface area contributed by atoms with Crippen LogP contribution in [0, 0.1) is 6.33 Å².